The van der Waals surface area contributed by atoms with E-state index in [2.05, 4.69) is 4.98 Å². The Bertz CT molecular complexity index is 1190. The van der Waals surface area contributed by atoms with E-state index in [-0.39, 0.29) is 23.7 Å². The van der Waals surface area contributed by atoms with Crippen molar-refractivity contribution in [2.45, 2.75) is 29.8 Å². The highest BCUT2D eigenvalue weighted by atomic mass is 32.2. The van der Waals surface area contributed by atoms with Gasteiger partial charge >= 0.3 is 0 Å². The number of aromatic nitrogens is 1. The molecule has 0 unspecified atom stereocenters. The molecule has 2 aromatic carbocycles. The molecule has 1 aromatic heterocycles. The SMILES string of the molecule is COC[C@H]1O[C@H](c2ccccc2)C=C[C@@H]1OCc1[nH]c2ccc(F)cc2c1S(C)(=O)=O. The normalized spacial score (nSPS) is 21.6. The van der Waals surface area contributed by atoms with Crippen molar-refractivity contribution in [2.75, 3.05) is 20.0 Å². The molecule has 0 aliphatic carbocycles. The highest BCUT2D eigenvalue weighted by Gasteiger charge is 2.30. The van der Waals surface area contributed by atoms with Crippen LogP contribution in [0.2, 0.25) is 0 Å². The maximum Gasteiger partial charge on any atom is 0.178 e. The summed E-state index contributed by atoms with van der Waals surface area (Å²) in [6.07, 6.45) is 3.91. The van der Waals surface area contributed by atoms with Gasteiger partial charge in [-0.15, -0.1) is 0 Å². The summed E-state index contributed by atoms with van der Waals surface area (Å²) in [6.45, 7) is 0.308. The molecule has 0 spiro atoms. The lowest BCUT2D eigenvalue weighted by atomic mass is 10.0. The smallest absolute Gasteiger partial charge is 0.178 e. The number of benzene rings is 2. The summed E-state index contributed by atoms with van der Waals surface area (Å²) >= 11 is 0. The van der Waals surface area contributed by atoms with Crippen molar-refractivity contribution < 1.29 is 27.0 Å². The first-order valence-corrected chi connectivity index (χ1v) is 11.8. The lowest BCUT2D eigenvalue weighted by molar-refractivity contribution is -0.113. The number of halogens is 1. The Balaban J connectivity index is 1.59. The summed E-state index contributed by atoms with van der Waals surface area (Å²) in [5, 5.41) is 0.314. The Labute approximate surface area is 180 Å². The Hall–Kier alpha value is -2.52. The van der Waals surface area contributed by atoms with Gasteiger partial charge in [0, 0.05) is 24.3 Å². The Kier molecular flexibility index (Phi) is 6.24. The molecule has 1 N–H and O–H groups in total. The maximum atomic E-state index is 13.7. The first kappa shape index (κ1) is 21.7. The maximum absolute atomic E-state index is 13.7. The summed E-state index contributed by atoms with van der Waals surface area (Å²) in [5.74, 6) is -0.500. The molecule has 31 heavy (non-hydrogen) atoms. The van der Waals surface area contributed by atoms with Crippen LogP contribution in [0.5, 0.6) is 0 Å². The molecule has 0 bridgehead atoms. The molecule has 0 amide bonds. The second-order valence-corrected chi connectivity index (χ2v) is 9.47. The van der Waals surface area contributed by atoms with Crippen molar-refractivity contribution in [3.05, 3.63) is 77.8 Å². The van der Waals surface area contributed by atoms with Crippen molar-refractivity contribution in [2.24, 2.45) is 0 Å². The van der Waals surface area contributed by atoms with Crippen LogP contribution in [0, 0.1) is 5.82 Å². The van der Waals surface area contributed by atoms with Crippen LogP contribution in [-0.4, -0.2) is 45.6 Å². The molecule has 4 rings (SSSR count). The minimum atomic E-state index is -3.61. The van der Waals surface area contributed by atoms with Gasteiger partial charge in [0.15, 0.2) is 9.84 Å². The number of sulfone groups is 1. The third-order valence-corrected chi connectivity index (χ3v) is 6.41. The quantitative estimate of drug-likeness (QED) is 0.558. The average molecular weight is 446 g/mol. The van der Waals surface area contributed by atoms with E-state index in [1.165, 1.54) is 18.2 Å². The number of hydrogen-bond acceptors (Lipinski definition) is 5. The van der Waals surface area contributed by atoms with Crippen LogP contribution in [0.3, 0.4) is 0 Å². The standard InChI is InChI=1S/C23H24FNO5S/c1-28-14-22-21(11-10-20(30-22)15-6-4-3-5-7-15)29-13-19-23(31(2,26)27)17-12-16(24)8-9-18(17)25-19/h3-12,20-22,25H,13-14H2,1-2H3/t20-,21-,22+/m0/s1. The van der Waals surface area contributed by atoms with Crippen LogP contribution in [0.1, 0.15) is 17.4 Å². The minimum absolute atomic E-state index is 0.00666. The number of H-pyrrole nitrogens is 1. The van der Waals surface area contributed by atoms with Gasteiger partial charge in [-0.2, -0.15) is 0 Å². The molecule has 0 saturated heterocycles. The van der Waals surface area contributed by atoms with Gasteiger partial charge in [0.25, 0.3) is 0 Å². The van der Waals surface area contributed by atoms with Gasteiger partial charge in [-0.3, -0.25) is 0 Å². The molecule has 6 nitrogen and oxygen atoms in total. The predicted octanol–water partition coefficient (Wildman–Crippen LogP) is 3.94. The fourth-order valence-corrected chi connectivity index (χ4v) is 4.96. The summed E-state index contributed by atoms with van der Waals surface area (Å²) in [4.78, 5) is 3.10. The number of aromatic amines is 1. The van der Waals surface area contributed by atoms with Crippen LogP contribution in [-0.2, 0) is 30.7 Å². The van der Waals surface area contributed by atoms with E-state index in [0.717, 1.165) is 11.8 Å². The van der Waals surface area contributed by atoms with Crippen molar-refractivity contribution >= 4 is 20.7 Å². The third kappa shape index (κ3) is 4.72. The van der Waals surface area contributed by atoms with E-state index in [1.54, 1.807) is 7.11 Å². The van der Waals surface area contributed by atoms with Crippen LogP contribution in [0.4, 0.5) is 4.39 Å². The number of rotatable bonds is 7. The topological polar surface area (TPSA) is 77.6 Å². The minimum Gasteiger partial charge on any atom is -0.382 e. The largest absolute Gasteiger partial charge is 0.382 e. The summed E-state index contributed by atoms with van der Waals surface area (Å²) in [7, 11) is -2.02. The molecular weight excluding hydrogens is 421 g/mol. The van der Waals surface area contributed by atoms with Gasteiger partial charge in [0.1, 0.15) is 24.1 Å². The summed E-state index contributed by atoms with van der Waals surface area (Å²) < 4.78 is 56.0. The van der Waals surface area contributed by atoms with Crippen molar-refractivity contribution in [3.8, 4) is 0 Å². The van der Waals surface area contributed by atoms with Gasteiger partial charge < -0.3 is 19.2 Å². The Morgan fingerprint density at radius 1 is 1.13 bits per heavy atom. The zero-order valence-electron chi connectivity index (χ0n) is 17.2. The average Bonchev–Trinajstić information content (AvgIpc) is 3.11. The fraction of sp³-hybridized carbons (Fsp3) is 0.304. The van der Waals surface area contributed by atoms with Crippen LogP contribution in [0.15, 0.2) is 65.6 Å². The van der Waals surface area contributed by atoms with Gasteiger partial charge in [-0.05, 0) is 23.8 Å². The molecule has 0 fully saturated rings. The number of ether oxygens (including phenoxy) is 3. The van der Waals surface area contributed by atoms with Gasteiger partial charge in [-0.25, -0.2) is 12.8 Å². The van der Waals surface area contributed by atoms with E-state index in [0.29, 0.717) is 23.2 Å². The molecular formula is C23H24FNO5S. The molecule has 2 heterocycles. The molecule has 3 atom stereocenters. The third-order valence-electron chi connectivity index (χ3n) is 5.20. The van der Waals surface area contributed by atoms with Gasteiger partial charge in [0.05, 0.1) is 23.8 Å². The zero-order valence-corrected chi connectivity index (χ0v) is 18.1. The molecule has 0 radical (unpaired) electrons. The molecule has 0 saturated carbocycles. The number of hydrogen-bond donors (Lipinski definition) is 1. The van der Waals surface area contributed by atoms with E-state index >= 15 is 0 Å². The second kappa shape index (κ2) is 8.92. The van der Waals surface area contributed by atoms with Crippen LogP contribution in [0.25, 0.3) is 10.9 Å². The molecule has 8 heteroatoms. The first-order chi connectivity index (χ1) is 14.9. The molecule has 3 aromatic rings. The van der Waals surface area contributed by atoms with Crippen molar-refractivity contribution in [3.63, 3.8) is 0 Å². The van der Waals surface area contributed by atoms with Crippen LogP contribution >= 0.6 is 0 Å². The highest BCUT2D eigenvalue weighted by Crippen LogP contribution is 2.31. The number of fused-ring (bicyclic) bond motifs is 1. The highest BCUT2D eigenvalue weighted by molar-refractivity contribution is 7.91. The Morgan fingerprint density at radius 3 is 2.61 bits per heavy atom. The Morgan fingerprint density at radius 2 is 1.90 bits per heavy atom. The van der Waals surface area contributed by atoms with E-state index in [4.69, 9.17) is 14.2 Å². The molecule has 1 aliphatic rings. The van der Waals surface area contributed by atoms with E-state index < -0.39 is 21.8 Å². The lowest BCUT2D eigenvalue weighted by Gasteiger charge is -2.32. The van der Waals surface area contributed by atoms with Gasteiger partial charge in [0.2, 0.25) is 0 Å². The number of methoxy groups -OCH3 is 1. The fourth-order valence-electron chi connectivity index (χ4n) is 3.84. The summed E-state index contributed by atoms with van der Waals surface area (Å²) in [5.41, 5.74) is 1.93. The predicted molar refractivity (Wildman–Crippen MR) is 115 cm³/mol. The monoisotopic (exact) mass is 445 g/mol. The van der Waals surface area contributed by atoms with Crippen LogP contribution < -0.4 is 0 Å². The zero-order chi connectivity index (χ0) is 22.0. The first-order valence-electron chi connectivity index (χ1n) is 9.86. The van der Waals surface area contributed by atoms with Crippen molar-refractivity contribution in [1.29, 1.82) is 0 Å². The molecule has 1 aliphatic heterocycles. The second-order valence-electron chi connectivity index (χ2n) is 7.52. The molecule has 164 valence electrons. The van der Waals surface area contributed by atoms with Crippen molar-refractivity contribution in [1.82, 2.24) is 4.98 Å². The van der Waals surface area contributed by atoms with E-state index in [9.17, 15) is 12.8 Å². The number of nitrogens with one attached hydrogen (secondary N) is 1. The van der Waals surface area contributed by atoms with Gasteiger partial charge in [-0.1, -0.05) is 42.5 Å². The van der Waals surface area contributed by atoms with E-state index in [1.807, 2.05) is 42.5 Å². The lowest BCUT2D eigenvalue weighted by Crippen LogP contribution is -2.37. The summed E-state index contributed by atoms with van der Waals surface area (Å²) in [6, 6.07) is 13.8.